The predicted octanol–water partition coefficient (Wildman–Crippen LogP) is -0.605. The molecule has 5 atom stereocenters. The molecule has 0 spiro atoms. The summed E-state index contributed by atoms with van der Waals surface area (Å²) in [6.07, 6.45) is -2.81. The second-order valence-corrected chi connectivity index (χ2v) is 3.63. The summed E-state index contributed by atoms with van der Waals surface area (Å²) in [4.78, 5) is 0. The first-order valence-electron chi connectivity index (χ1n) is 5.10. The second kappa shape index (κ2) is 6.48. The average molecular weight is 236 g/mol. The van der Waals surface area contributed by atoms with Crippen LogP contribution in [-0.4, -0.2) is 70.9 Å². The highest BCUT2D eigenvalue weighted by Crippen LogP contribution is 2.25. The van der Waals surface area contributed by atoms with Crippen molar-refractivity contribution in [1.82, 2.24) is 0 Å². The third kappa shape index (κ3) is 2.71. The molecule has 1 fully saturated rings. The summed E-state index contributed by atoms with van der Waals surface area (Å²) in [6.45, 7) is 0.352. The van der Waals surface area contributed by atoms with Gasteiger partial charge in [0.25, 0.3) is 0 Å². The molecule has 1 rings (SSSR count). The van der Waals surface area contributed by atoms with Crippen LogP contribution in [0.3, 0.4) is 0 Å². The summed E-state index contributed by atoms with van der Waals surface area (Å²) in [5, 5.41) is 9.92. The van der Waals surface area contributed by atoms with Gasteiger partial charge in [0.15, 0.2) is 6.29 Å². The Hall–Kier alpha value is -0.240. The summed E-state index contributed by atoms with van der Waals surface area (Å²) < 4.78 is 26.1. The molecule has 1 aliphatic rings. The molecule has 0 saturated carbocycles. The van der Waals surface area contributed by atoms with Crippen LogP contribution < -0.4 is 0 Å². The maximum absolute atomic E-state index is 9.92. The lowest BCUT2D eigenvalue weighted by Crippen LogP contribution is -2.60. The van der Waals surface area contributed by atoms with E-state index in [0.29, 0.717) is 6.61 Å². The molecule has 1 saturated heterocycles. The molecule has 0 aromatic rings. The molecule has 0 unspecified atom stereocenters. The summed E-state index contributed by atoms with van der Waals surface area (Å²) in [5.74, 6) is 0. The van der Waals surface area contributed by atoms with Crippen molar-refractivity contribution < 1.29 is 28.8 Å². The van der Waals surface area contributed by atoms with E-state index in [0.717, 1.165) is 0 Å². The number of hydrogen-bond donors (Lipinski definition) is 1. The van der Waals surface area contributed by atoms with Gasteiger partial charge >= 0.3 is 0 Å². The van der Waals surface area contributed by atoms with Crippen molar-refractivity contribution in [1.29, 1.82) is 0 Å². The lowest BCUT2D eigenvalue weighted by molar-refractivity contribution is -0.302. The van der Waals surface area contributed by atoms with Crippen molar-refractivity contribution in [3.63, 3.8) is 0 Å². The van der Waals surface area contributed by atoms with Gasteiger partial charge in [-0.1, -0.05) is 0 Å². The lowest BCUT2D eigenvalue weighted by atomic mass is 9.99. The first-order chi connectivity index (χ1) is 7.69. The molecule has 0 aromatic carbocycles. The molecule has 6 heteroatoms. The van der Waals surface area contributed by atoms with Gasteiger partial charge in [-0.25, -0.2) is 0 Å². The molecule has 0 aromatic heterocycles. The molecule has 1 heterocycles. The molecule has 16 heavy (non-hydrogen) atoms. The second-order valence-electron chi connectivity index (χ2n) is 3.63. The van der Waals surface area contributed by atoms with E-state index in [-0.39, 0.29) is 12.2 Å². The van der Waals surface area contributed by atoms with E-state index in [1.54, 1.807) is 14.2 Å². The molecule has 0 bridgehead atoms. The minimum Gasteiger partial charge on any atom is -0.385 e. The van der Waals surface area contributed by atoms with Crippen LogP contribution in [0.1, 0.15) is 0 Å². The zero-order chi connectivity index (χ0) is 12.1. The quantitative estimate of drug-likeness (QED) is 0.687. The molecular formula is C10H20O6. The summed E-state index contributed by atoms with van der Waals surface area (Å²) >= 11 is 0. The summed E-state index contributed by atoms with van der Waals surface area (Å²) in [6, 6.07) is 0. The Morgan fingerprint density at radius 3 is 2.06 bits per heavy atom. The van der Waals surface area contributed by atoms with Gasteiger partial charge in [0.2, 0.25) is 0 Å². The van der Waals surface area contributed by atoms with Crippen LogP contribution in [0.15, 0.2) is 0 Å². The molecule has 1 aliphatic heterocycles. The van der Waals surface area contributed by atoms with Crippen molar-refractivity contribution in [2.24, 2.45) is 0 Å². The zero-order valence-corrected chi connectivity index (χ0v) is 10.1. The van der Waals surface area contributed by atoms with Crippen molar-refractivity contribution in [3.05, 3.63) is 0 Å². The van der Waals surface area contributed by atoms with Gasteiger partial charge in [0.1, 0.15) is 24.4 Å². The molecule has 96 valence electrons. The molecule has 0 amide bonds. The van der Waals surface area contributed by atoms with E-state index in [4.69, 9.17) is 23.7 Å². The third-order valence-electron chi connectivity index (χ3n) is 2.72. The smallest absolute Gasteiger partial charge is 0.186 e. The van der Waals surface area contributed by atoms with Gasteiger partial charge in [-0.2, -0.15) is 0 Å². The highest BCUT2D eigenvalue weighted by molar-refractivity contribution is 4.91. The Bertz CT molecular complexity index is 196. The van der Waals surface area contributed by atoms with Crippen molar-refractivity contribution >= 4 is 0 Å². The molecular weight excluding hydrogens is 216 g/mol. The first-order valence-corrected chi connectivity index (χ1v) is 5.10. The average Bonchev–Trinajstić information content (AvgIpc) is 2.30. The fourth-order valence-electron chi connectivity index (χ4n) is 1.94. The highest BCUT2D eigenvalue weighted by atomic mass is 16.7. The molecule has 1 N–H and O–H groups in total. The number of rotatable bonds is 5. The van der Waals surface area contributed by atoms with Crippen LogP contribution in [0.5, 0.6) is 0 Å². The van der Waals surface area contributed by atoms with Crippen LogP contribution in [0.25, 0.3) is 0 Å². The maximum Gasteiger partial charge on any atom is 0.186 e. The van der Waals surface area contributed by atoms with E-state index >= 15 is 0 Å². The van der Waals surface area contributed by atoms with Crippen molar-refractivity contribution in [3.8, 4) is 0 Å². The third-order valence-corrected chi connectivity index (χ3v) is 2.72. The van der Waals surface area contributed by atoms with Crippen molar-refractivity contribution in [2.45, 2.75) is 30.7 Å². The minimum absolute atomic E-state index is 0.326. The van der Waals surface area contributed by atoms with E-state index in [1.807, 2.05) is 0 Å². The predicted molar refractivity (Wildman–Crippen MR) is 55.1 cm³/mol. The Labute approximate surface area is 95.4 Å². The van der Waals surface area contributed by atoms with Gasteiger partial charge in [-0.15, -0.1) is 0 Å². The van der Waals surface area contributed by atoms with Gasteiger partial charge in [0, 0.05) is 28.4 Å². The number of ether oxygens (including phenoxy) is 5. The zero-order valence-electron chi connectivity index (χ0n) is 10.1. The van der Waals surface area contributed by atoms with Crippen LogP contribution in [0, 0.1) is 0 Å². The lowest BCUT2D eigenvalue weighted by Gasteiger charge is -2.42. The van der Waals surface area contributed by atoms with Gasteiger partial charge in [-0.05, 0) is 0 Å². The fraction of sp³-hybridized carbons (Fsp3) is 1.00. The topological polar surface area (TPSA) is 66.4 Å². The Kier molecular flexibility index (Phi) is 5.60. The van der Waals surface area contributed by atoms with E-state index in [9.17, 15) is 5.11 Å². The van der Waals surface area contributed by atoms with Gasteiger partial charge in [0.05, 0.1) is 6.61 Å². The van der Waals surface area contributed by atoms with Crippen LogP contribution in [0.2, 0.25) is 0 Å². The maximum atomic E-state index is 9.92. The van der Waals surface area contributed by atoms with Crippen LogP contribution >= 0.6 is 0 Å². The standard InChI is InChI=1S/C10H20O6/c1-12-5-6-8(13-2)9(14-3)7(11)10(15-4)16-6/h6-11H,5H2,1-4H3/t6-,7+,8-,9-,10+/m1/s1. The monoisotopic (exact) mass is 236 g/mol. The minimum atomic E-state index is -0.881. The Balaban J connectivity index is 2.77. The largest absolute Gasteiger partial charge is 0.385 e. The first kappa shape index (κ1) is 13.8. The highest BCUT2D eigenvalue weighted by Gasteiger charge is 2.46. The Morgan fingerprint density at radius 1 is 1.00 bits per heavy atom. The van der Waals surface area contributed by atoms with Crippen molar-refractivity contribution in [2.75, 3.05) is 35.0 Å². The fourth-order valence-corrected chi connectivity index (χ4v) is 1.94. The van der Waals surface area contributed by atoms with E-state index in [1.165, 1.54) is 14.2 Å². The molecule has 6 nitrogen and oxygen atoms in total. The number of hydrogen-bond acceptors (Lipinski definition) is 6. The normalized spacial score (nSPS) is 39.9. The molecule has 0 aliphatic carbocycles. The van der Waals surface area contributed by atoms with Gasteiger partial charge in [-0.3, -0.25) is 0 Å². The number of methoxy groups -OCH3 is 4. The summed E-state index contributed by atoms with van der Waals surface area (Å²) in [7, 11) is 6.10. The number of aliphatic hydroxyl groups excluding tert-OH is 1. The van der Waals surface area contributed by atoms with Gasteiger partial charge < -0.3 is 28.8 Å². The summed E-state index contributed by atoms with van der Waals surface area (Å²) in [5.41, 5.74) is 0. The van der Waals surface area contributed by atoms with E-state index < -0.39 is 18.5 Å². The Morgan fingerprint density at radius 2 is 1.62 bits per heavy atom. The van der Waals surface area contributed by atoms with Crippen LogP contribution in [-0.2, 0) is 23.7 Å². The molecule has 0 radical (unpaired) electrons. The SMILES string of the molecule is COC[C@H]1O[C@H](OC)[C@@H](O)[C@@H](OC)[C@@H]1OC. The van der Waals surface area contributed by atoms with E-state index in [2.05, 4.69) is 0 Å². The van der Waals surface area contributed by atoms with Crippen LogP contribution in [0.4, 0.5) is 0 Å². The number of aliphatic hydroxyl groups is 1.